The van der Waals surface area contributed by atoms with Crippen molar-refractivity contribution in [1.82, 2.24) is 4.90 Å². The Hall–Kier alpha value is -1.67. The molecule has 0 unspecified atom stereocenters. The van der Waals surface area contributed by atoms with Crippen LogP contribution in [0.3, 0.4) is 0 Å². The summed E-state index contributed by atoms with van der Waals surface area (Å²) in [5, 5.41) is 10.8. The molecule has 1 amide bonds. The van der Waals surface area contributed by atoms with E-state index in [1.165, 1.54) is 25.9 Å². The van der Waals surface area contributed by atoms with Gasteiger partial charge in [-0.15, -0.1) is 0 Å². The van der Waals surface area contributed by atoms with Crippen molar-refractivity contribution in [2.45, 2.75) is 11.8 Å². The molecule has 0 fully saturated rings. The van der Waals surface area contributed by atoms with Gasteiger partial charge in [-0.3, -0.25) is 14.9 Å². The Morgan fingerprint density at radius 3 is 2.26 bits per heavy atom. The monoisotopic (exact) mass is 306 g/mol. The topological polar surface area (TPSA) is 97.6 Å². The fourth-order valence-electron chi connectivity index (χ4n) is 1.49. The number of benzene rings is 1. The van der Waals surface area contributed by atoms with Crippen LogP contribution >= 0.6 is 10.7 Å². The highest BCUT2D eigenvalue weighted by molar-refractivity contribution is 8.13. The second-order valence-electron chi connectivity index (χ2n) is 4.01. The summed E-state index contributed by atoms with van der Waals surface area (Å²) in [6, 6.07) is 1.87. The molecule has 0 heterocycles. The first-order valence-electron chi connectivity index (χ1n) is 5.01. The van der Waals surface area contributed by atoms with Gasteiger partial charge < -0.3 is 4.90 Å². The van der Waals surface area contributed by atoms with E-state index in [4.69, 9.17) is 10.7 Å². The predicted octanol–water partition coefficient (Wildman–Crippen LogP) is 1.53. The summed E-state index contributed by atoms with van der Waals surface area (Å²) in [7, 11) is 3.95. The highest BCUT2D eigenvalue weighted by Gasteiger charge is 2.25. The quantitative estimate of drug-likeness (QED) is 0.479. The number of carbonyl (C=O) groups is 1. The minimum absolute atomic E-state index is 0.0709. The van der Waals surface area contributed by atoms with Crippen LogP contribution in [-0.2, 0) is 9.05 Å². The van der Waals surface area contributed by atoms with Crippen LogP contribution in [0.1, 0.15) is 15.9 Å². The van der Waals surface area contributed by atoms with E-state index in [1.807, 2.05) is 0 Å². The van der Waals surface area contributed by atoms with E-state index in [0.717, 1.165) is 12.1 Å². The molecular weight excluding hydrogens is 296 g/mol. The first-order valence-corrected chi connectivity index (χ1v) is 7.32. The first kappa shape index (κ1) is 15.4. The van der Waals surface area contributed by atoms with Crippen molar-refractivity contribution in [2.75, 3.05) is 14.1 Å². The normalized spacial score (nSPS) is 11.2. The van der Waals surface area contributed by atoms with Gasteiger partial charge in [0.15, 0.2) is 0 Å². The van der Waals surface area contributed by atoms with Crippen molar-refractivity contribution in [2.24, 2.45) is 0 Å². The number of nitro benzene ring substituents is 1. The number of nitrogens with zero attached hydrogens (tertiary/aromatic N) is 2. The average Bonchev–Trinajstić information content (AvgIpc) is 2.26. The van der Waals surface area contributed by atoms with Gasteiger partial charge in [-0.05, 0) is 12.5 Å². The van der Waals surface area contributed by atoms with E-state index >= 15 is 0 Å². The molecular formula is C10H11ClN2O5S. The van der Waals surface area contributed by atoms with Gasteiger partial charge in [0.1, 0.15) is 0 Å². The minimum atomic E-state index is -4.17. The molecule has 0 aliphatic carbocycles. The molecule has 0 spiro atoms. The van der Waals surface area contributed by atoms with E-state index in [0.29, 0.717) is 0 Å². The van der Waals surface area contributed by atoms with Crippen LogP contribution in [0.2, 0.25) is 0 Å². The SMILES string of the molecule is Cc1c(C(=O)N(C)C)cc([N+](=O)[O-])cc1S(=O)(=O)Cl. The van der Waals surface area contributed by atoms with Gasteiger partial charge >= 0.3 is 0 Å². The lowest BCUT2D eigenvalue weighted by molar-refractivity contribution is -0.385. The smallest absolute Gasteiger partial charge is 0.271 e. The van der Waals surface area contributed by atoms with Gasteiger partial charge in [0.25, 0.3) is 20.6 Å². The molecule has 1 rings (SSSR count). The highest BCUT2D eigenvalue weighted by Crippen LogP contribution is 2.28. The summed E-state index contributed by atoms with van der Waals surface area (Å²) in [4.78, 5) is 22.6. The molecule has 0 N–H and O–H groups in total. The Balaban J connectivity index is 3.70. The Kier molecular flexibility index (Phi) is 4.16. The van der Waals surface area contributed by atoms with Crippen LogP contribution in [0.5, 0.6) is 0 Å². The average molecular weight is 307 g/mol. The van der Waals surface area contributed by atoms with Crippen molar-refractivity contribution in [3.8, 4) is 0 Å². The summed E-state index contributed by atoms with van der Waals surface area (Å²) >= 11 is 0. The molecule has 0 saturated carbocycles. The van der Waals surface area contributed by atoms with Crippen LogP contribution in [0.15, 0.2) is 17.0 Å². The van der Waals surface area contributed by atoms with Gasteiger partial charge in [0.05, 0.1) is 15.4 Å². The number of halogens is 1. The Bertz CT molecular complexity index is 654. The number of rotatable bonds is 3. The lowest BCUT2D eigenvalue weighted by atomic mass is 10.1. The fraction of sp³-hybridized carbons (Fsp3) is 0.300. The van der Waals surface area contributed by atoms with Crippen LogP contribution in [0, 0.1) is 17.0 Å². The summed E-state index contributed by atoms with van der Waals surface area (Å²) in [5.41, 5.74) is -0.493. The van der Waals surface area contributed by atoms with E-state index in [-0.39, 0.29) is 11.1 Å². The maximum atomic E-state index is 11.9. The van der Waals surface area contributed by atoms with E-state index in [1.54, 1.807) is 0 Å². The molecule has 0 atom stereocenters. The van der Waals surface area contributed by atoms with Crippen molar-refractivity contribution >= 4 is 31.3 Å². The van der Waals surface area contributed by atoms with E-state index in [9.17, 15) is 23.3 Å². The zero-order valence-corrected chi connectivity index (χ0v) is 11.9. The molecule has 1 aromatic rings. The van der Waals surface area contributed by atoms with Crippen LogP contribution < -0.4 is 0 Å². The molecule has 7 nitrogen and oxygen atoms in total. The molecule has 0 bridgehead atoms. The number of hydrogen-bond acceptors (Lipinski definition) is 5. The Labute approximate surface area is 114 Å². The fourth-order valence-corrected chi connectivity index (χ4v) is 2.71. The van der Waals surface area contributed by atoms with Crippen molar-refractivity contribution in [3.05, 3.63) is 33.4 Å². The van der Waals surface area contributed by atoms with E-state index < -0.39 is 30.5 Å². The van der Waals surface area contributed by atoms with Gasteiger partial charge in [0.2, 0.25) is 0 Å². The molecule has 104 valence electrons. The third-order valence-corrected chi connectivity index (χ3v) is 3.90. The van der Waals surface area contributed by atoms with Crippen molar-refractivity contribution in [3.63, 3.8) is 0 Å². The largest absolute Gasteiger partial charge is 0.345 e. The van der Waals surface area contributed by atoms with Crippen LogP contribution in [0.4, 0.5) is 5.69 Å². The van der Waals surface area contributed by atoms with E-state index in [2.05, 4.69) is 0 Å². The molecule has 0 aliphatic rings. The number of amides is 1. The Morgan fingerprint density at radius 2 is 1.89 bits per heavy atom. The molecule has 0 radical (unpaired) electrons. The highest BCUT2D eigenvalue weighted by atomic mass is 35.7. The number of hydrogen-bond donors (Lipinski definition) is 0. The second kappa shape index (κ2) is 5.14. The standard InChI is InChI=1S/C10H11ClN2O5S/c1-6-8(10(14)12(2)3)4-7(13(15)16)5-9(6)19(11,17)18/h4-5H,1-3H3. The second-order valence-corrected chi connectivity index (χ2v) is 6.55. The first-order chi connectivity index (χ1) is 8.55. The van der Waals surface area contributed by atoms with Crippen LogP contribution in [0.25, 0.3) is 0 Å². The third-order valence-electron chi connectivity index (χ3n) is 2.45. The number of non-ortho nitro benzene ring substituents is 1. The Morgan fingerprint density at radius 1 is 1.37 bits per heavy atom. The number of carbonyl (C=O) groups excluding carboxylic acids is 1. The zero-order valence-electron chi connectivity index (χ0n) is 10.4. The predicted molar refractivity (Wildman–Crippen MR) is 68.9 cm³/mol. The molecule has 1 aromatic carbocycles. The maximum Gasteiger partial charge on any atom is 0.271 e. The zero-order chi connectivity index (χ0) is 15.0. The third kappa shape index (κ3) is 3.21. The molecule has 9 heteroatoms. The van der Waals surface area contributed by atoms with Gasteiger partial charge in [0, 0.05) is 36.9 Å². The molecule has 0 aliphatic heterocycles. The van der Waals surface area contributed by atoms with Gasteiger partial charge in [-0.1, -0.05) is 0 Å². The van der Waals surface area contributed by atoms with Crippen molar-refractivity contribution < 1.29 is 18.1 Å². The summed E-state index contributed by atoms with van der Waals surface area (Å²) in [6.07, 6.45) is 0. The minimum Gasteiger partial charge on any atom is -0.345 e. The van der Waals surface area contributed by atoms with Gasteiger partial charge in [-0.25, -0.2) is 8.42 Å². The molecule has 0 saturated heterocycles. The summed E-state index contributed by atoms with van der Waals surface area (Å²) in [5.74, 6) is -0.539. The molecule has 0 aromatic heterocycles. The van der Waals surface area contributed by atoms with Crippen LogP contribution in [-0.4, -0.2) is 38.2 Å². The van der Waals surface area contributed by atoms with Crippen molar-refractivity contribution in [1.29, 1.82) is 0 Å². The maximum absolute atomic E-state index is 11.9. The van der Waals surface area contributed by atoms with Gasteiger partial charge in [-0.2, -0.15) is 0 Å². The molecule has 19 heavy (non-hydrogen) atoms. The number of nitro groups is 1. The summed E-state index contributed by atoms with van der Waals surface area (Å²) in [6.45, 7) is 1.37. The lowest BCUT2D eigenvalue weighted by Crippen LogP contribution is -2.23. The lowest BCUT2D eigenvalue weighted by Gasteiger charge is -2.13. The summed E-state index contributed by atoms with van der Waals surface area (Å²) < 4.78 is 22.8.